The molecule has 0 amide bonds. The van der Waals surface area contributed by atoms with Crippen molar-refractivity contribution in [3.05, 3.63) is 29.3 Å². The molecule has 122 valence electrons. The van der Waals surface area contributed by atoms with E-state index < -0.39 is 10.4 Å². The molecule has 1 atom stereocenters. The molecule has 0 spiro atoms. The molecule has 3 N–H and O–H groups in total. The topological polar surface area (TPSA) is 129 Å². The first-order chi connectivity index (χ1) is 10.4. The number of hydrogen-bond donors (Lipinski definition) is 2. The lowest BCUT2D eigenvalue weighted by Crippen LogP contribution is -2.92. The van der Waals surface area contributed by atoms with Gasteiger partial charge in [-0.1, -0.05) is 12.1 Å². The van der Waals surface area contributed by atoms with E-state index in [0.717, 1.165) is 31.9 Å². The third-order valence-corrected chi connectivity index (χ3v) is 3.43. The number of methoxy groups -OCH3 is 1. The van der Waals surface area contributed by atoms with Gasteiger partial charge < -0.3 is 18.6 Å². The van der Waals surface area contributed by atoms with Crippen LogP contribution < -0.4 is 15.0 Å². The molecule has 3 rings (SSSR count). The normalized spacial score (nSPS) is 20.5. The fraction of sp³-hybridized carbons (Fsp3) is 0.462. The summed E-state index contributed by atoms with van der Waals surface area (Å²) in [6, 6.07) is 6.20. The fourth-order valence-electron chi connectivity index (χ4n) is 2.63. The van der Waals surface area contributed by atoms with Gasteiger partial charge in [0, 0.05) is 21.5 Å². The monoisotopic (exact) mass is 330 g/mol. The van der Waals surface area contributed by atoms with Gasteiger partial charge >= 0.3 is 5.84 Å². The van der Waals surface area contributed by atoms with E-state index in [1.165, 1.54) is 17.0 Å². The second-order valence-electron chi connectivity index (χ2n) is 4.81. The summed E-state index contributed by atoms with van der Waals surface area (Å²) in [7, 11) is -3.44. The quantitative estimate of drug-likeness (QED) is 0.440. The molecule has 0 aliphatic carbocycles. The SMILES string of the molecule is COc1cccc2c1CCOC2C1=[NH+]CC[NH2+]1.O=S(=O)([O-])[O-]. The summed E-state index contributed by atoms with van der Waals surface area (Å²) in [6.45, 7) is 2.88. The largest absolute Gasteiger partial charge is 0.759 e. The van der Waals surface area contributed by atoms with Crippen LogP contribution >= 0.6 is 0 Å². The van der Waals surface area contributed by atoms with Gasteiger partial charge in [-0.15, -0.1) is 0 Å². The zero-order valence-electron chi connectivity index (χ0n) is 12.1. The summed E-state index contributed by atoms with van der Waals surface area (Å²) >= 11 is 0. The fourth-order valence-corrected chi connectivity index (χ4v) is 2.63. The second-order valence-corrected chi connectivity index (χ2v) is 5.63. The van der Waals surface area contributed by atoms with E-state index in [2.05, 4.69) is 16.4 Å². The van der Waals surface area contributed by atoms with Gasteiger partial charge in [0.2, 0.25) is 6.10 Å². The second kappa shape index (κ2) is 7.16. The summed E-state index contributed by atoms with van der Waals surface area (Å²) in [4.78, 5) is 3.40. The summed E-state index contributed by atoms with van der Waals surface area (Å²) in [6.07, 6.45) is 1.000. The highest BCUT2D eigenvalue weighted by Crippen LogP contribution is 2.32. The Morgan fingerprint density at radius 1 is 1.41 bits per heavy atom. The van der Waals surface area contributed by atoms with Crippen LogP contribution in [0.1, 0.15) is 17.2 Å². The van der Waals surface area contributed by atoms with Gasteiger partial charge in [-0.05, 0) is 12.5 Å². The highest BCUT2D eigenvalue weighted by Gasteiger charge is 2.36. The van der Waals surface area contributed by atoms with Gasteiger partial charge in [-0.25, -0.2) is 0 Å². The van der Waals surface area contributed by atoms with Gasteiger partial charge in [0.15, 0.2) is 6.54 Å². The third kappa shape index (κ3) is 4.49. The predicted octanol–water partition coefficient (Wildman–Crippen LogP) is -2.97. The minimum atomic E-state index is -5.17. The molecule has 0 saturated heterocycles. The van der Waals surface area contributed by atoms with Crippen molar-refractivity contribution in [2.24, 2.45) is 0 Å². The number of ether oxygens (including phenoxy) is 2. The van der Waals surface area contributed by atoms with Crippen LogP contribution in [-0.2, 0) is 21.6 Å². The molecular weight excluding hydrogens is 312 g/mol. The summed E-state index contributed by atoms with van der Waals surface area (Å²) < 4.78 is 45.4. The first kappa shape index (κ1) is 16.8. The molecule has 1 aromatic carbocycles. The Bertz CT molecular complexity index is 650. The zero-order valence-corrected chi connectivity index (χ0v) is 12.9. The average Bonchev–Trinajstić information content (AvgIpc) is 2.98. The summed E-state index contributed by atoms with van der Waals surface area (Å²) in [5, 5.41) is 2.24. The van der Waals surface area contributed by atoms with E-state index in [-0.39, 0.29) is 6.10 Å². The third-order valence-electron chi connectivity index (χ3n) is 3.43. The maximum atomic E-state index is 8.52. The molecule has 0 fully saturated rings. The van der Waals surface area contributed by atoms with E-state index in [0.29, 0.717) is 0 Å². The number of quaternary nitrogens is 1. The Kier molecular flexibility index (Phi) is 5.48. The standard InChI is InChI=1S/C13H16N2O2.H2O4S/c1-16-11-4-2-3-10-9(11)5-8-17-12(10)13-14-6-7-15-13;1-5(2,3)4/h2-4,12H,5-8H2,1H3,(H,14,15);(H2,1,2,3,4). The highest BCUT2D eigenvalue weighted by molar-refractivity contribution is 7.79. The molecule has 9 heteroatoms. The molecule has 22 heavy (non-hydrogen) atoms. The van der Waals surface area contributed by atoms with Crippen molar-refractivity contribution < 1.29 is 37.3 Å². The summed E-state index contributed by atoms with van der Waals surface area (Å²) in [5.41, 5.74) is 2.54. The van der Waals surface area contributed by atoms with Crippen LogP contribution in [0.3, 0.4) is 0 Å². The Labute approximate surface area is 128 Å². The van der Waals surface area contributed by atoms with Gasteiger partial charge in [0.25, 0.3) is 0 Å². The smallest absolute Gasteiger partial charge is 0.367 e. The predicted molar refractivity (Wildman–Crippen MR) is 73.5 cm³/mol. The lowest BCUT2D eigenvalue weighted by atomic mass is 9.96. The van der Waals surface area contributed by atoms with E-state index in [1.54, 1.807) is 7.11 Å². The highest BCUT2D eigenvalue weighted by atomic mass is 32.3. The van der Waals surface area contributed by atoms with Crippen LogP contribution in [-0.4, -0.2) is 50.2 Å². The lowest BCUT2D eigenvalue weighted by Gasteiger charge is -2.23. The number of amidine groups is 1. The van der Waals surface area contributed by atoms with E-state index in [1.807, 2.05) is 12.1 Å². The number of rotatable bonds is 2. The van der Waals surface area contributed by atoms with Crippen LogP contribution in [0.5, 0.6) is 5.75 Å². The average molecular weight is 330 g/mol. The van der Waals surface area contributed by atoms with Gasteiger partial charge in [0.1, 0.15) is 12.3 Å². The van der Waals surface area contributed by atoms with E-state index in [4.69, 9.17) is 27.0 Å². The maximum Gasteiger partial charge on any atom is 0.367 e. The molecule has 0 radical (unpaired) electrons. The number of benzene rings is 1. The number of nitrogens with one attached hydrogen (secondary N) is 1. The van der Waals surface area contributed by atoms with Crippen LogP contribution in [0.4, 0.5) is 0 Å². The van der Waals surface area contributed by atoms with Crippen molar-refractivity contribution >= 4 is 16.2 Å². The van der Waals surface area contributed by atoms with E-state index in [9.17, 15) is 0 Å². The zero-order chi connectivity index (χ0) is 16.2. The van der Waals surface area contributed by atoms with Crippen molar-refractivity contribution in [3.8, 4) is 5.75 Å². The van der Waals surface area contributed by atoms with Crippen LogP contribution in [0.15, 0.2) is 18.2 Å². The van der Waals surface area contributed by atoms with Gasteiger partial charge in [-0.2, -0.15) is 4.99 Å². The molecule has 0 bridgehead atoms. The minimum Gasteiger partial charge on any atom is -0.759 e. The van der Waals surface area contributed by atoms with Crippen LogP contribution in [0.2, 0.25) is 0 Å². The van der Waals surface area contributed by atoms with Crippen LogP contribution in [0.25, 0.3) is 0 Å². The molecule has 1 unspecified atom stereocenters. The van der Waals surface area contributed by atoms with Crippen molar-refractivity contribution in [3.63, 3.8) is 0 Å². The molecule has 2 aliphatic rings. The van der Waals surface area contributed by atoms with Crippen molar-refractivity contribution in [1.29, 1.82) is 0 Å². The Morgan fingerprint density at radius 2 is 2.14 bits per heavy atom. The molecule has 2 aliphatic heterocycles. The van der Waals surface area contributed by atoms with Gasteiger partial charge in [0.05, 0.1) is 13.7 Å². The lowest BCUT2D eigenvalue weighted by molar-refractivity contribution is -0.544. The molecule has 2 heterocycles. The molecule has 0 saturated carbocycles. The molecule has 1 aromatic rings. The van der Waals surface area contributed by atoms with Crippen molar-refractivity contribution in [2.75, 3.05) is 26.8 Å². The first-order valence-corrected chi connectivity index (χ1v) is 8.11. The van der Waals surface area contributed by atoms with E-state index >= 15 is 0 Å². The molecular formula is C13H18N2O6S. The maximum absolute atomic E-state index is 8.52. The number of fused-ring (bicyclic) bond motifs is 1. The number of nitrogens with two attached hydrogens (primary N) is 1. The van der Waals surface area contributed by atoms with Crippen molar-refractivity contribution in [1.82, 2.24) is 0 Å². The first-order valence-electron chi connectivity index (χ1n) is 6.78. The van der Waals surface area contributed by atoms with Crippen molar-refractivity contribution in [2.45, 2.75) is 12.5 Å². The minimum absolute atomic E-state index is 0.0661. The Hall–Kier alpha value is -1.52. The van der Waals surface area contributed by atoms with Gasteiger partial charge in [-0.3, -0.25) is 13.7 Å². The van der Waals surface area contributed by atoms with Crippen LogP contribution in [0, 0.1) is 0 Å². The Balaban J connectivity index is 0.000000309. The number of hydrogen-bond acceptors (Lipinski definition) is 6. The summed E-state index contributed by atoms with van der Waals surface area (Å²) in [5.74, 6) is 2.19. The Morgan fingerprint density at radius 3 is 2.73 bits per heavy atom. The molecule has 8 nitrogen and oxygen atoms in total. The molecule has 0 aromatic heterocycles.